The van der Waals surface area contributed by atoms with Gasteiger partial charge in [0, 0.05) is 0 Å². The second-order valence-electron chi connectivity index (χ2n) is 2.86. The Kier molecular flexibility index (Phi) is 7.78. The molecule has 0 aromatic carbocycles. The van der Waals surface area contributed by atoms with Crippen molar-refractivity contribution >= 4 is 0 Å². The van der Waals surface area contributed by atoms with Gasteiger partial charge in [0.25, 0.3) is 0 Å². The van der Waals surface area contributed by atoms with Gasteiger partial charge in [0.15, 0.2) is 0 Å². The monoisotopic (exact) mass is 164 g/mol. The van der Waals surface area contributed by atoms with E-state index in [1.54, 1.807) is 0 Å². The molecule has 0 spiro atoms. The first-order valence-corrected chi connectivity index (χ1v) is 4.75. The van der Waals surface area contributed by atoms with Crippen LogP contribution < -0.4 is 0 Å². The Morgan fingerprint density at radius 1 is 1.33 bits per heavy atom. The van der Waals surface area contributed by atoms with E-state index in [9.17, 15) is 0 Å². The lowest BCUT2D eigenvalue weighted by Gasteiger charge is -1.99. The van der Waals surface area contributed by atoms with Crippen LogP contribution in [0.1, 0.15) is 39.5 Å². The van der Waals surface area contributed by atoms with Gasteiger partial charge in [-0.25, -0.2) is 0 Å². The number of allylic oxidation sites excluding steroid dienone is 5. The molecule has 0 aliphatic carbocycles. The van der Waals surface area contributed by atoms with Gasteiger partial charge in [0.2, 0.25) is 0 Å². The first-order valence-electron chi connectivity index (χ1n) is 4.75. The first kappa shape index (κ1) is 11.2. The average molecular weight is 164 g/mol. The highest BCUT2D eigenvalue weighted by atomic mass is 14.0. The highest BCUT2D eigenvalue weighted by molar-refractivity contribution is 5.06. The zero-order valence-corrected chi connectivity index (χ0v) is 8.34. The fourth-order valence-electron chi connectivity index (χ4n) is 1.10. The normalized spacial score (nSPS) is 12.3. The van der Waals surface area contributed by atoms with Crippen molar-refractivity contribution in [1.82, 2.24) is 0 Å². The Labute approximate surface area is 76.7 Å². The highest BCUT2D eigenvalue weighted by Crippen LogP contribution is 2.10. The van der Waals surface area contributed by atoms with Gasteiger partial charge >= 0.3 is 0 Å². The maximum atomic E-state index is 3.73. The largest absolute Gasteiger partial charge is 0.103 e. The molecule has 0 atom stereocenters. The van der Waals surface area contributed by atoms with Gasteiger partial charge < -0.3 is 0 Å². The van der Waals surface area contributed by atoms with Crippen molar-refractivity contribution in [2.45, 2.75) is 39.5 Å². The Morgan fingerprint density at radius 2 is 2.08 bits per heavy atom. The minimum absolute atomic E-state index is 1.04. The van der Waals surface area contributed by atoms with Crippen LogP contribution in [0.3, 0.4) is 0 Å². The molecule has 0 unspecified atom stereocenters. The summed E-state index contributed by atoms with van der Waals surface area (Å²) in [7, 11) is 0. The zero-order valence-electron chi connectivity index (χ0n) is 8.34. The van der Waals surface area contributed by atoms with Crippen molar-refractivity contribution in [3.63, 3.8) is 0 Å². The van der Waals surface area contributed by atoms with Crippen LogP contribution in [0.15, 0.2) is 36.5 Å². The summed E-state index contributed by atoms with van der Waals surface area (Å²) in [5.74, 6) is 0. The van der Waals surface area contributed by atoms with E-state index >= 15 is 0 Å². The van der Waals surface area contributed by atoms with E-state index in [4.69, 9.17) is 0 Å². The zero-order chi connectivity index (χ0) is 9.23. The summed E-state index contributed by atoms with van der Waals surface area (Å²) in [5.41, 5.74) is 1.49. The first-order chi connectivity index (χ1) is 5.85. The lowest BCUT2D eigenvalue weighted by atomic mass is 10.1. The number of rotatable bonds is 6. The van der Waals surface area contributed by atoms with E-state index in [2.05, 4.69) is 38.7 Å². The quantitative estimate of drug-likeness (QED) is 0.515. The minimum atomic E-state index is 1.04. The van der Waals surface area contributed by atoms with Crippen LogP contribution in [-0.2, 0) is 0 Å². The second-order valence-corrected chi connectivity index (χ2v) is 2.86. The maximum absolute atomic E-state index is 3.73. The van der Waals surface area contributed by atoms with E-state index in [0.717, 1.165) is 12.8 Å². The number of hydrogen-bond donors (Lipinski definition) is 0. The Bertz CT molecular complexity index is 161. The summed E-state index contributed by atoms with van der Waals surface area (Å²) in [5, 5.41) is 0. The van der Waals surface area contributed by atoms with Crippen LogP contribution >= 0.6 is 0 Å². The molecule has 0 heterocycles. The molecule has 0 bridgehead atoms. The smallest absolute Gasteiger partial charge is 0.0142 e. The molecule has 0 N–H and O–H groups in total. The number of hydrogen-bond acceptors (Lipinski definition) is 0. The molecule has 0 fully saturated rings. The van der Waals surface area contributed by atoms with E-state index in [-0.39, 0.29) is 0 Å². The van der Waals surface area contributed by atoms with Crippen molar-refractivity contribution in [2.75, 3.05) is 0 Å². The summed E-state index contributed by atoms with van der Waals surface area (Å²) in [6.45, 7) is 8.00. The predicted molar refractivity (Wildman–Crippen MR) is 57.2 cm³/mol. The molecule has 0 aromatic heterocycles. The maximum Gasteiger partial charge on any atom is -0.0142 e. The van der Waals surface area contributed by atoms with Crippen molar-refractivity contribution < 1.29 is 0 Å². The molecule has 0 nitrogen and oxygen atoms in total. The van der Waals surface area contributed by atoms with Crippen molar-refractivity contribution in [3.05, 3.63) is 36.5 Å². The fourth-order valence-corrected chi connectivity index (χ4v) is 1.10. The van der Waals surface area contributed by atoms with Gasteiger partial charge in [-0.05, 0) is 32.6 Å². The molecule has 0 saturated carbocycles. The summed E-state index contributed by atoms with van der Waals surface area (Å²) in [6.07, 6.45) is 13.2. The van der Waals surface area contributed by atoms with Crippen molar-refractivity contribution in [3.8, 4) is 0 Å². The third-order valence-electron chi connectivity index (χ3n) is 1.85. The lowest BCUT2D eigenvalue weighted by molar-refractivity contribution is 0.932. The van der Waals surface area contributed by atoms with Gasteiger partial charge in [-0.15, -0.1) is 6.58 Å². The third kappa shape index (κ3) is 5.96. The molecule has 0 heteroatoms. The molecular formula is C12H20. The molecule has 0 amide bonds. The highest BCUT2D eigenvalue weighted by Gasteiger charge is 1.90. The Hall–Kier alpha value is -0.780. The topological polar surface area (TPSA) is 0 Å². The van der Waals surface area contributed by atoms with Gasteiger partial charge in [0.05, 0.1) is 0 Å². The van der Waals surface area contributed by atoms with Gasteiger partial charge in [-0.1, -0.05) is 36.8 Å². The minimum Gasteiger partial charge on any atom is -0.103 e. The van der Waals surface area contributed by atoms with E-state index in [1.807, 2.05) is 6.08 Å². The van der Waals surface area contributed by atoms with Crippen LogP contribution in [0.2, 0.25) is 0 Å². The van der Waals surface area contributed by atoms with Crippen LogP contribution in [0.25, 0.3) is 0 Å². The molecule has 68 valence electrons. The van der Waals surface area contributed by atoms with Crippen LogP contribution in [0, 0.1) is 0 Å². The molecule has 12 heavy (non-hydrogen) atoms. The SMILES string of the molecule is C=CC/C(=C\C)CC/C=C\CC. The second kappa shape index (κ2) is 8.32. The van der Waals surface area contributed by atoms with Gasteiger partial charge in [-0.2, -0.15) is 0 Å². The van der Waals surface area contributed by atoms with Crippen molar-refractivity contribution in [1.29, 1.82) is 0 Å². The summed E-state index contributed by atoms with van der Waals surface area (Å²) < 4.78 is 0. The van der Waals surface area contributed by atoms with E-state index in [0.29, 0.717) is 0 Å². The van der Waals surface area contributed by atoms with Crippen LogP contribution in [0.4, 0.5) is 0 Å². The lowest BCUT2D eigenvalue weighted by Crippen LogP contribution is -1.79. The van der Waals surface area contributed by atoms with E-state index in [1.165, 1.54) is 18.4 Å². The van der Waals surface area contributed by atoms with Gasteiger partial charge in [0.1, 0.15) is 0 Å². The van der Waals surface area contributed by atoms with Crippen LogP contribution in [-0.4, -0.2) is 0 Å². The molecule has 0 saturated heterocycles. The summed E-state index contributed by atoms with van der Waals surface area (Å²) in [6, 6.07) is 0. The summed E-state index contributed by atoms with van der Waals surface area (Å²) >= 11 is 0. The van der Waals surface area contributed by atoms with E-state index < -0.39 is 0 Å². The summed E-state index contributed by atoms with van der Waals surface area (Å²) in [4.78, 5) is 0. The fraction of sp³-hybridized carbons (Fsp3) is 0.500. The molecule has 0 aromatic rings. The molecule has 0 aliphatic rings. The Morgan fingerprint density at radius 3 is 2.58 bits per heavy atom. The molecule has 0 aliphatic heterocycles. The molecule has 0 rings (SSSR count). The predicted octanol–water partition coefficient (Wildman–Crippen LogP) is 4.26. The standard InChI is InChI=1S/C12H20/c1-4-7-8-9-11-12(6-3)10-5-2/h5-8H,2,4,9-11H2,1,3H3/b8-7-,12-6+. The molecular weight excluding hydrogens is 144 g/mol. The van der Waals surface area contributed by atoms with Gasteiger partial charge in [-0.3, -0.25) is 0 Å². The van der Waals surface area contributed by atoms with Crippen LogP contribution in [0.5, 0.6) is 0 Å². The molecule has 0 radical (unpaired) electrons. The third-order valence-corrected chi connectivity index (χ3v) is 1.85. The average Bonchev–Trinajstić information content (AvgIpc) is 2.10. The Balaban J connectivity index is 3.59. The van der Waals surface area contributed by atoms with Crippen molar-refractivity contribution in [2.24, 2.45) is 0 Å².